The third-order valence-electron chi connectivity index (χ3n) is 4.98. The molecule has 1 fully saturated rings. The van der Waals surface area contributed by atoms with E-state index in [0.29, 0.717) is 19.2 Å². The highest BCUT2D eigenvalue weighted by Crippen LogP contribution is 2.25. The van der Waals surface area contributed by atoms with Gasteiger partial charge in [0.1, 0.15) is 11.6 Å². The number of methoxy groups -OCH3 is 1. The normalized spacial score (nSPS) is 14.5. The van der Waals surface area contributed by atoms with Crippen LogP contribution in [-0.4, -0.2) is 48.8 Å². The van der Waals surface area contributed by atoms with Crippen LogP contribution in [-0.2, 0) is 11.3 Å². The van der Waals surface area contributed by atoms with Crippen molar-refractivity contribution in [2.75, 3.05) is 31.7 Å². The molecule has 3 rings (SSSR count). The Morgan fingerprint density at radius 2 is 2.04 bits per heavy atom. The summed E-state index contributed by atoms with van der Waals surface area (Å²) in [6, 6.07) is 6.68. The van der Waals surface area contributed by atoms with Crippen LogP contribution in [0.1, 0.15) is 41.4 Å². The van der Waals surface area contributed by atoms with E-state index in [0.717, 1.165) is 48.6 Å². The van der Waals surface area contributed by atoms with Crippen molar-refractivity contribution >= 4 is 11.8 Å². The highest BCUT2D eigenvalue weighted by atomic mass is 16.5. The van der Waals surface area contributed by atoms with Gasteiger partial charge >= 0.3 is 5.97 Å². The number of ether oxygens (including phenoxy) is 2. The highest BCUT2D eigenvalue weighted by molar-refractivity contribution is 5.86. The van der Waals surface area contributed by atoms with Crippen molar-refractivity contribution in [1.82, 2.24) is 15.3 Å². The number of carbonyl (C=O) groups excluding carboxylic acids is 1. The second-order valence-corrected chi connectivity index (χ2v) is 6.89. The van der Waals surface area contributed by atoms with Gasteiger partial charge in [-0.05, 0) is 57.0 Å². The van der Waals surface area contributed by atoms with E-state index in [4.69, 9.17) is 9.47 Å². The van der Waals surface area contributed by atoms with Gasteiger partial charge in [-0.1, -0.05) is 12.1 Å². The summed E-state index contributed by atoms with van der Waals surface area (Å²) in [6.45, 7) is 7.35. The van der Waals surface area contributed by atoms with Gasteiger partial charge in [0.25, 0.3) is 0 Å². The van der Waals surface area contributed by atoms with Gasteiger partial charge in [-0.3, -0.25) is 0 Å². The van der Waals surface area contributed by atoms with E-state index in [-0.39, 0.29) is 5.69 Å². The first-order valence-electron chi connectivity index (χ1n) is 9.72. The molecule has 0 saturated carbocycles. The van der Waals surface area contributed by atoms with E-state index in [9.17, 15) is 4.79 Å². The van der Waals surface area contributed by atoms with Gasteiger partial charge in [0, 0.05) is 12.6 Å². The molecule has 0 aliphatic carbocycles. The van der Waals surface area contributed by atoms with E-state index in [2.05, 4.69) is 45.3 Å². The van der Waals surface area contributed by atoms with Crippen molar-refractivity contribution in [2.24, 2.45) is 0 Å². The number of hydrogen-bond donors (Lipinski definition) is 1. The van der Waals surface area contributed by atoms with Crippen LogP contribution in [0.3, 0.4) is 0 Å². The number of aromatic nitrogens is 2. The number of benzene rings is 1. The molecule has 2 heterocycles. The summed E-state index contributed by atoms with van der Waals surface area (Å²) in [6.07, 6.45) is 5.21. The van der Waals surface area contributed by atoms with Crippen LogP contribution < -0.4 is 15.0 Å². The lowest BCUT2D eigenvalue weighted by molar-refractivity contribution is 0.0593. The standard InChI is InChI=1S/C21H28N4O3/c1-4-28-19-11-16(6-5-15(19)2)14-25(17-7-9-22-10-8-17)20-13-23-18(12-24-20)21(26)27-3/h5-6,11-13,17,22H,4,7-10,14H2,1-3H3. The second-order valence-electron chi connectivity index (χ2n) is 6.89. The Balaban J connectivity index is 1.87. The molecule has 1 saturated heterocycles. The van der Waals surface area contributed by atoms with Gasteiger partial charge in [0.05, 0.1) is 26.1 Å². The Morgan fingerprint density at radius 3 is 2.68 bits per heavy atom. The largest absolute Gasteiger partial charge is 0.494 e. The minimum absolute atomic E-state index is 0.213. The van der Waals surface area contributed by atoms with E-state index in [1.807, 2.05) is 6.92 Å². The topological polar surface area (TPSA) is 76.6 Å². The smallest absolute Gasteiger partial charge is 0.358 e. The van der Waals surface area contributed by atoms with Gasteiger partial charge in [-0.25, -0.2) is 14.8 Å². The molecule has 0 radical (unpaired) electrons. The Kier molecular flexibility index (Phi) is 6.81. The highest BCUT2D eigenvalue weighted by Gasteiger charge is 2.23. The molecule has 1 N–H and O–H groups in total. The SMILES string of the molecule is CCOc1cc(CN(c2cnc(C(=O)OC)cn2)C2CCNCC2)ccc1C. The summed E-state index contributed by atoms with van der Waals surface area (Å²) in [5.74, 6) is 1.20. The zero-order valence-electron chi connectivity index (χ0n) is 16.8. The molecular weight excluding hydrogens is 356 g/mol. The van der Waals surface area contributed by atoms with E-state index < -0.39 is 5.97 Å². The Morgan fingerprint density at radius 1 is 1.25 bits per heavy atom. The molecule has 1 aromatic heterocycles. The third-order valence-corrected chi connectivity index (χ3v) is 4.98. The lowest BCUT2D eigenvalue weighted by Crippen LogP contribution is -2.43. The molecule has 0 atom stereocenters. The number of piperidine rings is 1. The number of nitrogens with one attached hydrogen (secondary N) is 1. The molecule has 0 spiro atoms. The average Bonchev–Trinajstić information content (AvgIpc) is 2.74. The molecule has 150 valence electrons. The monoisotopic (exact) mass is 384 g/mol. The molecule has 28 heavy (non-hydrogen) atoms. The first-order chi connectivity index (χ1) is 13.6. The maximum absolute atomic E-state index is 11.7. The first-order valence-corrected chi connectivity index (χ1v) is 9.72. The molecular formula is C21H28N4O3. The van der Waals surface area contributed by atoms with E-state index in [1.54, 1.807) is 6.20 Å². The fraction of sp³-hybridized carbons (Fsp3) is 0.476. The number of carbonyl (C=O) groups is 1. The van der Waals surface area contributed by atoms with Crippen LogP contribution in [0.2, 0.25) is 0 Å². The summed E-state index contributed by atoms with van der Waals surface area (Å²) in [7, 11) is 1.34. The van der Waals surface area contributed by atoms with Crippen molar-refractivity contribution in [3.8, 4) is 5.75 Å². The molecule has 1 aromatic carbocycles. The second kappa shape index (κ2) is 9.50. The molecule has 0 unspecified atom stereocenters. The van der Waals surface area contributed by atoms with Crippen molar-refractivity contribution in [3.05, 3.63) is 47.4 Å². The zero-order valence-corrected chi connectivity index (χ0v) is 16.8. The van der Waals surface area contributed by atoms with Crippen molar-refractivity contribution < 1.29 is 14.3 Å². The maximum Gasteiger partial charge on any atom is 0.358 e. The maximum atomic E-state index is 11.7. The fourth-order valence-electron chi connectivity index (χ4n) is 3.45. The van der Waals surface area contributed by atoms with Gasteiger partial charge in [-0.15, -0.1) is 0 Å². The fourth-order valence-corrected chi connectivity index (χ4v) is 3.45. The van der Waals surface area contributed by atoms with Crippen LogP contribution in [0.25, 0.3) is 0 Å². The van der Waals surface area contributed by atoms with Crippen LogP contribution in [0.4, 0.5) is 5.82 Å². The Bertz CT molecular complexity index is 789. The van der Waals surface area contributed by atoms with E-state index in [1.165, 1.54) is 13.3 Å². The predicted molar refractivity (Wildman–Crippen MR) is 108 cm³/mol. The number of anilines is 1. The number of hydrogen-bond acceptors (Lipinski definition) is 7. The van der Waals surface area contributed by atoms with Crippen LogP contribution in [0.15, 0.2) is 30.6 Å². The number of aryl methyl sites for hydroxylation is 1. The molecule has 7 nitrogen and oxygen atoms in total. The zero-order chi connectivity index (χ0) is 19.9. The van der Waals surface area contributed by atoms with Crippen molar-refractivity contribution in [3.63, 3.8) is 0 Å². The summed E-state index contributed by atoms with van der Waals surface area (Å²) in [5.41, 5.74) is 2.50. The number of nitrogens with zero attached hydrogens (tertiary/aromatic N) is 3. The van der Waals surface area contributed by atoms with Crippen molar-refractivity contribution in [1.29, 1.82) is 0 Å². The van der Waals surface area contributed by atoms with Crippen molar-refractivity contribution in [2.45, 2.75) is 39.3 Å². The quantitative estimate of drug-likeness (QED) is 0.736. The molecule has 1 aliphatic rings. The van der Waals surface area contributed by atoms with Gasteiger partial charge in [0.15, 0.2) is 5.69 Å². The average molecular weight is 384 g/mol. The lowest BCUT2D eigenvalue weighted by Gasteiger charge is -2.35. The summed E-state index contributed by atoms with van der Waals surface area (Å²) in [4.78, 5) is 22.7. The number of rotatable bonds is 7. The number of esters is 1. The van der Waals surface area contributed by atoms with Gasteiger partial charge < -0.3 is 19.7 Å². The molecule has 2 aromatic rings. The Labute approximate surface area is 166 Å². The predicted octanol–water partition coefficient (Wildman–Crippen LogP) is 2.73. The first kappa shape index (κ1) is 20.1. The van der Waals surface area contributed by atoms with Crippen LogP contribution in [0, 0.1) is 6.92 Å². The minimum Gasteiger partial charge on any atom is -0.494 e. The van der Waals surface area contributed by atoms with Gasteiger partial charge in [0.2, 0.25) is 0 Å². The molecule has 1 aliphatic heterocycles. The van der Waals surface area contributed by atoms with Crippen LogP contribution in [0.5, 0.6) is 5.75 Å². The molecule has 0 amide bonds. The summed E-state index contributed by atoms with van der Waals surface area (Å²) in [5, 5.41) is 3.41. The summed E-state index contributed by atoms with van der Waals surface area (Å²) < 4.78 is 10.5. The lowest BCUT2D eigenvalue weighted by atomic mass is 10.0. The van der Waals surface area contributed by atoms with Gasteiger partial charge in [-0.2, -0.15) is 0 Å². The molecule has 0 bridgehead atoms. The minimum atomic E-state index is -0.479. The van der Waals surface area contributed by atoms with E-state index >= 15 is 0 Å². The summed E-state index contributed by atoms with van der Waals surface area (Å²) >= 11 is 0. The molecule has 7 heteroatoms. The third kappa shape index (κ3) is 4.78. The van der Waals surface area contributed by atoms with Crippen LogP contribution >= 0.6 is 0 Å². The Hall–Kier alpha value is -2.67.